The SMILES string of the molecule is CCCCCCCCCC[C@@H]1C[C@@H]1CO. The van der Waals surface area contributed by atoms with Crippen LogP contribution in [0, 0.1) is 11.8 Å². The molecule has 0 unspecified atom stereocenters. The molecule has 1 nitrogen and oxygen atoms in total. The van der Waals surface area contributed by atoms with Crippen molar-refractivity contribution in [3.8, 4) is 0 Å². The lowest BCUT2D eigenvalue weighted by molar-refractivity contribution is 0.267. The first kappa shape index (κ1) is 13.0. The minimum atomic E-state index is 0.432. The standard InChI is InChI=1S/C14H28O/c1-2-3-4-5-6-7-8-9-10-13-11-14(13)12-15/h13-15H,2-12H2,1H3/t13-,14-/m1/s1. The Hall–Kier alpha value is -0.0400. The highest BCUT2D eigenvalue weighted by Crippen LogP contribution is 2.41. The molecule has 0 aromatic carbocycles. The summed E-state index contributed by atoms with van der Waals surface area (Å²) in [6.45, 7) is 2.70. The molecule has 0 radical (unpaired) electrons. The Kier molecular flexibility index (Phi) is 7.08. The van der Waals surface area contributed by atoms with Gasteiger partial charge in [-0.15, -0.1) is 0 Å². The maximum atomic E-state index is 8.90. The van der Waals surface area contributed by atoms with E-state index in [1.807, 2.05) is 0 Å². The summed E-state index contributed by atoms with van der Waals surface area (Å²) in [7, 11) is 0. The van der Waals surface area contributed by atoms with E-state index in [1.165, 1.54) is 64.2 Å². The number of unbranched alkanes of at least 4 members (excludes halogenated alkanes) is 7. The first-order valence-corrected chi connectivity index (χ1v) is 6.99. The minimum Gasteiger partial charge on any atom is -0.396 e. The summed E-state index contributed by atoms with van der Waals surface area (Å²) in [6.07, 6.45) is 14.0. The Morgan fingerprint density at radius 1 is 0.867 bits per heavy atom. The van der Waals surface area contributed by atoms with Gasteiger partial charge in [-0.3, -0.25) is 0 Å². The molecule has 0 heterocycles. The van der Waals surface area contributed by atoms with E-state index in [0.29, 0.717) is 12.5 Å². The van der Waals surface area contributed by atoms with Crippen molar-refractivity contribution in [1.29, 1.82) is 0 Å². The van der Waals surface area contributed by atoms with Gasteiger partial charge in [0.15, 0.2) is 0 Å². The maximum absolute atomic E-state index is 8.90. The Bertz CT molecular complexity index is 144. The molecule has 1 N–H and O–H groups in total. The van der Waals surface area contributed by atoms with Crippen LogP contribution in [-0.2, 0) is 0 Å². The molecular formula is C14H28O. The van der Waals surface area contributed by atoms with Crippen LogP contribution in [-0.4, -0.2) is 11.7 Å². The van der Waals surface area contributed by atoms with Crippen LogP contribution in [0.4, 0.5) is 0 Å². The summed E-state index contributed by atoms with van der Waals surface area (Å²) in [4.78, 5) is 0. The molecule has 1 heteroatoms. The van der Waals surface area contributed by atoms with Crippen molar-refractivity contribution in [2.75, 3.05) is 6.61 Å². The van der Waals surface area contributed by atoms with Gasteiger partial charge in [-0.05, 0) is 18.3 Å². The fourth-order valence-corrected chi connectivity index (χ4v) is 2.43. The van der Waals surface area contributed by atoms with Gasteiger partial charge in [0.1, 0.15) is 0 Å². The third-order valence-electron chi connectivity index (χ3n) is 3.73. The third kappa shape index (κ3) is 6.19. The summed E-state index contributed by atoms with van der Waals surface area (Å²) >= 11 is 0. The first-order valence-electron chi connectivity index (χ1n) is 6.99. The minimum absolute atomic E-state index is 0.432. The van der Waals surface area contributed by atoms with Crippen molar-refractivity contribution in [2.24, 2.45) is 11.8 Å². The molecule has 0 bridgehead atoms. The third-order valence-corrected chi connectivity index (χ3v) is 3.73. The lowest BCUT2D eigenvalue weighted by Gasteiger charge is -2.01. The zero-order valence-electron chi connectivity index (χ0n) is 10.4. The number of hydrogen-bond donors (Lipinski definition) is 1. The molecular weight excluding hydrogens is 184 g/mol. The van der Waals surface area contributed by atoms with Crippen molar-refractivity contribution in [3.63, 3.8) is 0 Å². The van der Waals surface area contributed by atoms with Crippen molar-refractivity contribution in [1.82, 2.24) is 0 Å². The topological polar surface area (TPSA) is 20.2 Å². The summed E-state index contributed by atoms with van der Waals surface area (Å²) in [5.41, 5.74) is 0. The van der Waals surface area contributed by atoms with E-state index in [4.69, 9.17) is 5.11 Å². The largest absolute Gasteiger partial charge is 0.396 e. The van der Waals surface area contributed by atoms with E-state index in [-0.39, 0.29) is 0 Å². The van der Waals surface area contributed by atoms with Crippen LogP contribution in [0.3, 0.4) is 0 Å². The zero-order valence-corrected chi connectivity index (χ0v) is 10.4. The monoisotopic (exact) mass is 212 g/mol. The van der Waals surface area contributed by atoms with Crippen molar-refractivity contribution in [3.05, 3.63) is 0 Å². The van der Waals surface area contributed by atoms with Gasteiger partial charge in [0.25, 0.3) is 0 Å². The molecule has 1 saturated carbocycles. The molecule has 0 amide bonds. The average Bonchev–Trinajstić information content (AvgIpc) is 3.01. The molecule has 1 fully saturated rings. The van der Waals surface area contributed by atoms with Gasteiger partial charge in [-0.1, -0.05) is 64.7 Å². The second-order valence-electron chi connectivity index (χ2n) is 5.20. The van der Waals surface area contributed by atoms with Gasteiger partial charge in [0.2, 0.25) is 0 Å². The van der Waals surface area contributed by atoms with Crippen LogP contribution >= 0.6 is 0 Å². The lowest BCUT2D eigenvalue weighted by Crippen LogP contribution is -1.89. The quantitative estimate of drug-likeness (QED) is 0.539. The van der Waals surface area contributed by atoms with E-state index in [0.717, 1.165) is 5.92 Å². The van der Waals surface area contributed by atoms with Gasteiger partial charge < -0.3 is 5.11 Å². The van der Waals surface area contributed by atoms with Crippen LogP contribution in [0.25, 0.3) is 0 Å². The summed E-state index contributed by atoms with van der Waals surface area (Å²) in [5, 5.41) is 8.90. The Morgan fingerprint density at radius 3 is 2.00 bits per heavy atom. The maximum Gasteiger partial charge on any atom is 0.0462 e. The van der Waals surface area contributed by atoms with E-state index in [9.17, 15) is 0 Å². The van der Waals surface area contributed by atoms with Gasteiger partial charge in [0, 0.05) is 6.61 Å². The molecule has 0 saturated heterocycles. The highest BCUT2D eigenvalue weighted by molar-refractivity contribution is 4.84. The number of hydrogen-bond acceptors (Lipinski definition) is 1. The smallest absolute Gasteiger partial charge is 0.0462 e. The second-order valence-corrected chi connectivity index (χ2v) is 5.20. The van der Waals surface area contributed by atoms with Crippen LogP contribution < -0.4 is 0 Å². The summed E-state index contributed by atoms with van der Waals surface area (Å²) < 4.78 is 0. The molecule has 0 aromatic rings. The predicted octanol–water partition coefficient (Wildman–Crippen LogP) is 4.15. The van der Waals surface area contributed by atoms with Gasteiger partial charge in [-0.25, -0.2) is 0 Å². The zero-order chi connectivity index (χ0) is 10.9. The Balaban J connectivity index is 1.71. The van der Waals surface area contributed by atoms with Gasteiger partial charge >= 0.3 is 0 Å². The normalized spacial score (nSPS) is 24.4. The molecule has 0 aromatic heterocycles. The molecule has 1 aliphatic carbocycles. The molecule has 0 spiro atoms. The van der Waals surface area contributed by atoms with E-state index in [2.05, 4.69) is 6.92 Å². The van der Waals surface area contributed by atoms with E-state index >= 15 is 0 Å². The average molecular weight is 212 g/mol. The Labute approximate surface area is 95.3 Å². The van der Waals surface area contributed by atoms with E-state index in [1.54, 1.807) is 0 Å². The number of aliphatic hydroxyl groups is 1. The Morgan fingerprint density at radius 2 is 1.47 bits per heavy atom. The molecule has 90 valence electrons. The molecule has 2 atom stereocenters. The number of aliphatic hydroxyl groups excluding tert-OH is 1. The van der Waals surface area contributed by atoms with Crippen molar-refractivity contribution in [2.45, 2.75) is 71.1 Å². The van der Waals surface area contributed by atoms with Crippen molar-refractivity contribution < 1.29 is 5.11 Å². The van der Waals surface area contributed by atoms with Crippen LogP contribution in [0.2, 0.25) is 0 Å². The van der Waals surface area contributed by atoms with Crippen molar-refractivity contribution >= 4 is 0 Å². The number of rotatable bonds is 10. The van der Waals surface area contributed by atoms with Gasteiger partial charge in [0.05, 0.1) is 0 Å². The van der Waals surface area contributed by atoms with Gasteiger partial charge in [-0.2, -0.15) is 0 Å². The van der Waals surface area contributed by atoms with Crippen LogP contribution in [0.15, 0.2) is 0 Å². The summed E-state index contributed by atoms with van der Waals surface area (Å²) in [6, 6.07) is 0. The predicted molar refractivity (Wildman–Crippen MR) is 65.9 cm³/mol. The highest BCUT2D eigenvalue weighted by atomic mass is 16.3. The molecule has 0 aliphatic heterocycles. The van der Waals surface area contributed by atoms with E-state index < -0.39 is 0 Å². The highest BCUT2D eigenvalue weighted by Gasteiger charge is 2.34. The molecule has 15 heavy (non-hydrogen) atoms. The molecule has 1 aliphatic rings. The van der Waals surface area contributed by atoms with Crippen LogP contribution in [0.5, 0.6) is 0 Å². The van der Waals surface area contributed by atoms with Crippen LogP contribution in [0.1, 0.15) is 71.1 Å². The fraction of sp³-hybridized carbons (Fsp3) is 1.00. The first-order chi connectivity index (χ1) is 7.38. The lowest BCUT2D eigenvalue weighted by atomic mass is 10.1. The summed E-state index contributed by atoms with van der Waals surface area (Å²) in [5.74, 6) is 1.56. The fourth-order valence-electron chi connectivity index (χ4n) is 2.43. The second kappa shape index (κ2) is 8.15. The molecule has 1 rings (SSSR count).